The number of carbonyl (C=O) groups is 2. The zero-order valence-corrected chi connectivity index (χ0v) is 17.3. The molecule has 0 fully saturated rings. The van der Waals surface area contributed by atoms with Crippen LogP contribution >= 0.6 is 0 Å². The van der Waals surface area contributed by atoms with E-state index in [0.717, 1.165) is 11.1 Å². The predicted molar refractivity (Wildman–Crippen MR) is 112 cm³/mol. The number of ether oxygens (including phenoxy) is 2. The highest BCUT2D eigenvalue weighted by molar-refractivity contribution is 5.95. The Balaban J connectivity index is 1.98. The minimum absolute atomic E-state index is 0.00384. The fourth-order valence-electron chi connectivity index (χ4n) is 3.29. The number of fused-ring (bicyclic) bond motifs is 1. The average Bonchev–Trinajstić information content (AvgIpc) is 3.10. The van der Waals surface area contributed by atoms with E-state index in [4.69, 9.17) is 9.47 Å². The lowest BCUT2D eigenvalue weighted by Gasteiger charge is -2.15. The van der Waals surface area contributed by atoms with Crippen LogP contribution in [0.2, 0.25) is 0 Å². The first-order valence-electron chi connectivity index (χ1n) is 9.95. The van der Waals surface area contributed by atoms with Gasteiger partial charge in [0.1, 0.15) is 5.82 Å². The van der Waals surface area contributed by atoms with Gasteiger partial charge in [-0.05, 0) is 31.5 Å². The summed E-state index contributed by atoms with van der Waals surface area (Å²) in [5, 5.41) is 10.9. The number of aromatic nitrogens is 2. The third-order valence-corrected chi connectivity index (χ3v) is 4.75. The number of non-ortho nitro benzene ring substituents is 1. The number of hydrogen-bond acceptors (Lipinski definition) is 7. The Labute approximate surface area is 178 Å². The first kappa shape index (κ1) is 21.9. The number of imidazole rings is 1. The highest BCUT2D eigenvalue weighted by Gasteiger charge is 2.32. The molecule has 0 unspecified atom stereocenters. The van der Waals surface area contributed by atoms with Crippen molar-refractivity contribution in [2.24, 2.45) is 5.92 Å². The maximum atomic E-state index is 12.4. The van der Waals surface area contributed by atoms with Crippen molar-refractivity contribution in [1.29, 1.82) is 0 Å². The van der Waals surface area contributed by atoms with Crippen LogP contribution in [0.15, 0.2) is 48.5 Å². The summed E-state index contributed by atoms with van der Waals surface area (Å²) in [6.07, 6.45) is 0.0132. The van der Waals surface area contributed by atoms with Crippen molar-refractivity contribution in [1.82, 2.24) is 9.55 Å². The first-order valence-corrected chi connectivity index (χ1v) is 9.95. The van der Waals surface area contributed by atoms with Crippen molar-refractivity contribution >= 4 is 28.7 Å². The molecule has 3 aromatic rings. The number of rotatable bonds is 9. The van der Waals surface area contributed by atoms with E-state index in [1.54, 1.807) is 26.0 Å². The molecule has 162 valence electrons. The maximum Gasteiger partial charge on any atom is 0.320 e. The fourth-order valence-corrected chi connectivity index (χ4v) is 3.29. The second kappa shape index (κ2) is 9.84. The minimum Gasteiger partial charge on any atom is -0.465 e. The summed E-state index contributed by atoms with van der Waals surface area (Å²) >= 11 is 0. The van der Waals surface area contributed by atoms with Gasteiger partial charge in [-0.2, -0.15) is 0 Å². The van der Waals surface area contributed by atoms with Gasteiger partial charge in [0.25, 0.3) is 5.69 Å². The summed E-state index contributed by atoms with van der Waals surface area (Å²) in [4.78, 5) is 39.9. The van der Waals surface area contributed by atoms with Gasteiger partial charge in [0.2, 0.25) is 0 Å². The smallest absolute Gasteiger partial charge is 0.320 e. The number of para-hydroxylation sites is 2. The molecular weight excluding hydrogens is 402 g/mol. The lowest BCUT2D eigenvalue weighted by atomic mass is 10.1. The summed E-state index contributed by atoms with van der Waals surface area (Å²) in [6, 6.07) is 13.7. The van der Waals surface area contributed by atoms with Crippen molar-refractivity contribution < 1.29 is 24.0 Å². The molecule has 9 nitrogen and oxygen atoms in total. The van der Waals surface area contributed by atoms with Crippen LogP contribution in [-0.4, -0.2) is 39.6 Å². The van der Waals surface area contributed by atoms with E-state index in [1.165, 1.54) is 12.1 Å². The molecule has 0 saturated heterocycles. The summed E-state index contributed by atoms with van der Waals surface area (Å²) in [5.41, 5.74) is 2.36. The third-order valence-electron chi connectivity index (χ3n) is 4.75. The van der Waals surface area contributed by atoms with Crippen LogP contribution in [0, 0.1) is 16.0 Å². The van der Waals surface area contributed by atoms with Gasteiger partial charge >= 0.3 is 11.9 Å². The standard InChI is InChI=1S/C22H23N3O6/c1-3-30-21(26)17(22(27)31-4-2)13-20-23-18-7-5-6-8-19(18)24(20)14-15-9-11-16(12-10-15)25(28)29/h5-12,17H,3-4,13-14H2,1-2H3. The zero-order chi connectivity index (χ0) is 22.4. The largest absolute Gasteiger partial charge is 0.465 e. The molecular formula is C22H23N3O6. The van der Waals surface area contributed by atoms with Crippen LogP contribution in [0.5, 0.6) is 0 Å². The van der Waals surface area contributed by atoms with Crippen molar-refractivity contribution in [3.05, 3.63) is 70.0 Å². The molecule has 0 radical (unpaired) electrons. The Morgan fingerprint density at radius 2 is 1.65 bits per heavy atom. The molecule has 0 aliphatic heterocycles. The van der Waals surface area contributed by atoms with E-state index < -0.39 is 22.8 Å². The topological polar surface area (TPSA) is 114 Å². The van der Waals surface area contributed by atoms with Gasteiger partial charge in [-0.1, -0.05) is 24.3 Å². The van der Waals surface area contributed by atoms with Gasteiger partial charge in [0, 0.05) is 25.1 Å². The second-order valence-electron chi connectivity index (χ2n) is 6.79. The lowest BCUT2D eigenvalue weighted by Crippen LogP contribution is -2.31. The lowest BCUT2D eigenvalue weighted by molar-refractivity contribution is -0.384. The highest BCUT2D eigenvalue weighted by Crippen LogP contribution is 2.22. The quantitative estimate of drug-likeness (QED) is 0.224. The Kier molecular flexibility index (Phi) is 6.96. The molecule has 0 aliphatic rings. The molecule has 0 N–H and O–H groups in total. The molecule has 2 aromatic carbocycles. The van der Waals surface area contributed by atoms with Crippen molar-refractivity contribution in [2.75, 3.05) is 13.2 Å². The number of hydrogen-bond donors (Lipinski definition) is 0. The van der Waals surface area contributed by atoms with Crippen molar-refractivity contribution in [3.63, 3.8) is 0 Å². The molecule has 31 heavy (non-hydrogen) atoms. The van der Waals surface area contributed by atoms with Gasteiger partial charge in [-0.25, -0.2) is 4.98 Å². The Morgan fingerprint density at radius 1 is 1.03 bits per heavy atom. The molecule has 1 heterocycles. The summed E-state index contributed by atoms with van der Waals surface area (Å²) < 4.78 is 12.0. The van der Waals surface area contributed by atoms with Gasteiger partial charge < -0.3 is 14.0 Å². The van der Waals surface area contributed by atoms with E-state index in [0.29, 0.717) is 17.9 Å². The summed E-state index contributed by atoms with van der Waals surface area (Å²) in [7, 11) is 0. The van der Waals surface area contributed by atoms with E-state index in [1.807, 2.05) is 28.8 Å². The predicted octanol–water partition coefficient (Wildman–Crippen LogP) is 3.28. The molecule has 0 bridgehead atoms. The van der Waals surface area contributed by atoms with Gasteiger partial charge in [0.05, 0.1) is 29.2 Å². The van der Waals surface area contributed by atoms with Crippen LogP contribution < -0.4 is 0 Å². The Hall–Kier alpha value is -3.75. The number of carbonyl (C=O) groups excluding carboxylic acids is 2. The molecule has 1 aromatic heterocycles. The van der Waals surface area contributed by atoms with Crippen LogP contribution in [0.3, 0.4) is 0 Å². The molecule has 9 heteroatoms. The van der Waals surface area contributed by atoms with Crippen LogP contribution in [0.1, 0.15) is 25.2 Å². The monoisotopic (exact) mass is 425 g/mol. The Bertz CT molecular complexity index is 1070. The van der Waals surface area contributed by atoms with E-state index >= 15 is 0 Å². The van der Waals surface area contributed by atoms with Crippen molar-refractivity contribution in [2.45, 2.75) is 26.8 Å². The summed E-state index contributed by atoms with van der Waals surface area (Å²) in [5.74, 6) is -1.93. The molecule has 3 rings (SSSR count). The van der Waals surface area contributed by atoms with Gasteiger partial charge in [-0.15, -0.1) is 0 Å². The summed E-state index contributed by atoms with van der Waals surface area (Å²) in [6.45, 7) is 4.00. The van der Waals surface area contributed by atoms with Gasteiger partial charge in [-0.3, -0.25) is 19.7 Å². The molecule has 0 atom stereocenters. The SMILES string of the molecule is CCOC(=O)C(Cc1nc2ccccc2n1Cc1ccc([N+](=O)[O-])cc1)C(=O)OCC. The number of nitro benzene ring substituents is 1. The Morgan fingerprint density at radius 3 is 2.23 bits per heavy atom. The average molecular weight is 425 g/mol. The fraction of sp³-hybridized carbons (Fsp3) is 0.318. The normalized spacial score (nSPS) is 10.9. The number of esters is 2. The second-order valence-corrected chi connectivity index (χ2v) is 6.79. The van der Waals surface area contributed by atoms with E-state index in [-0.39, 0.29) is 25.3 Å². The molecule has 0 amide bonds. The van der Waals surface area contributed by atoms with Crippen LogP contribution in [-0.2, 0) is 32.0 Å². The molecule has 0 aliphatic carbocycles. The number of nitrogens with zero attached hydrogens (tertiary/aromatic N) is 3. The maximum absolute atomic E-state index is 12.4. The first-order chi connectivity index (χ1) is 14.9. The van der Waals surface area contributed by atoms with E-state index in [9.17, 15) is 19.7 Å². The zero-order valence-electron chi connectivity index (χ0n) is 17.3. The molecule has 0 saturated carbocycles. The minimum atomic E-state index is -1.13. The van der Waals surface area contributed by atoms with Crippen molar-refractivity contribution in [3.8, 4) is 0 Å². The van der Waals surface area contributed by atoms with Gasteiger partial charge in [0.15, 0.2) is 5.92 Å². The van der Waals surface area contributed by atoms with Crippen LogP contribution in [0.4, 0.5) is 5.69 Å². The third kappa shape index (κ3) is 5.06. The molecule has 0 spiro atoms. The van der Waals surface area contributed by atoms with E-state index in [2.05, 4.69) is 4.98 Å². The number of benzene rings is 2. The highest BCUT2D eigenvalue weighted by atomic mass is 16.6. The number of nitro groups is 1. The van der Waals surface area contributed by atoms with Crippen LogP contribution in [0.25, 0.3) is 11.0 Å².